The van der Waals surface area contributed by atoms with Crippen LogP contribution in [0.3, 0.4) is 0 Å². The minimum absolute atomic E-state index is 0.0705. The van der Waals surface area contributed by atoms with Crippen LogP contribution in [0.2, 0.25) is 0 Å². The normalized spacial score (nSPS) is 18.7. The van der Waals surface area contributed by atoms with E-state index in [0.717, 1.165) is 5.56 Å². The summed E-state index contributed by atoms with van der Waals surface area (Å²) in [4.78, 5) is 68.4. The molecule has 1 aliphatic rings. The smallest absolute Gasteiger partial charge is 0.251 e. The maximum atomic E-state index is 13.6. The molecule has 1 heterocycles. The fraction of sp³-hybridized carbons (Fsp3) is 0.375. The highest BCUT2D eigenvalue weighted by atomic mass is 16.5. The fourth-order valence-electron chi connectivity index (χ4n) is 5.72. The second-order valence-electron chi connectivity index (χ2n) is 13.1. The maximum absolute atomic E-state index is 13.6. The van der Waals surface area contributed by atoms with E-state index in [-0.39, 0.29) is 31.3 Å². The van der Waals surface area contributed by atoms with Gasteiger partial charge in [0.1, 0.15) is 23.6 Å². The van der Waals surface area contributed by atoms with Crippen LogP contribution in [0.15, 0.2) is 72.8 Å². The lowest BCUT2D eigenvalue weighted by Crippen LogP contribution is -2.59. The number of nitrogens with one attached hydrogen (secondary N) is 4. The minimum Gasteiger partial charge on any atom is -0.496 e. The van der Waals surface area contributed by atoms with Crippen LogP contribution < -0.4 is 35.5 Å². The summed E-state index contributed by atoms with van der Waals surface area (Å²) < 4.78 is 17.4. The zero-order valence-electron chi connectivity index (χ0n) is 31.2. The molecule has 0 aromatic heterocycles. The standard InChI is InChI=1S/C40H49N5O9/c1-25(2)36-39(50)42-23-29-30(52-4)14-11-15-31(29)54-33-22-28(17-18-32(33)53-5)38(49)41-20-9-10-21-45(35(48)19-16-27-12-7-6-8-13-27)24-34(47)43-37(26(3)46)40(51)44-36/h6-8,11-19,22,25-26,36-37,46H,9-10,20-21,23-24H2,1-5H3,(H,41,49)(H,42,50)(H,43,47)(H,44,51)/t26-,36-,37+/m1/s1. The number of benzene rings is 3. The van der Waals surface area contributed by atoms with E-state index in [2.05, 4.69) is 21.3 Å². The van der Waals surface area contributed by atoms with Crippen LogP contribution >= 0.6 is 0 Å². The van der Waals surface area contributed by atoms with Gasteiger partial charge in [0, 0.05) is 24.7 Å². The van der Waals surface area contributed by atoms with Crippen molar-refractivity contribution in [1.82, 2.24) is 26.2 Å². The van der Waals surface area contributed by atoms with E-state index in [1.165, 1.54) is 32.1 Å². The van der Waals surface area contributed by atoms with Gasteiger partial charge < -0.3 is 45.5 Å². The summed E-state index contributed by atoms with van der Waals surface area (Å²) in [7, 11) is 2.95. The van der Waals surface area contributed by atoms with Gasteiger partial charge in [-0.2, -0.15) is 0 Å². The third-order valence-corrected chi connectivity index (χ3v) is 8.73. The van der Waals surface area contributed by atoms with E-state index in [1.807, 2.05) is 30.3 Å². The summed E-state index contributed by atoms with van der Waals surface area (Å²) in [5, 5.41) is 21.5. The number of ether oxygens (including phenoxy) is 3. The Labute approximate surface area is 315 Å². The molecule has 5 amide bonds. The van der Waals surface area contributed by atoms with Crippen molar-refractivity contribution in [3.8, 4) is 23.0 Å². The van der Waals surface area contributed by atoms with E-state index in [0.29, 0.717) is 41.2 Å². The molecular formula is C40H49N5O9. The van der Waals surface area contributed by atoms with Crippen molar-refractivity contribution >= 4 is 35.6 Å². The van der Waals surface area contributed by atoms with E-state index >= 15 is 0 Å². The first-order chi connectivity index (χ1) is 25.9. The van der Waals surface area contributed by atoms with Gasteiger partial charge in [-0.3, -0.25) is 24.0 Å². The van der Waals surface area contributed by atoms with Gasteiger partial charge >= 0.3 is 0 Å². The number of carbonyl (C=O) groups is 5. The first-order valence-corrected chi connectivity index (χ1v) is 17.8. The number of carbonyl (C=O) groups excluding carboxylic acids is 5. The molecule has 4 rings (SSSR count). The van der Waals surface area contributed by atoms with Gasteiger partial charge in [0.25, 0.3) is 5.91 Å². The molecule has 0 unspecified atom stereocenters. The molecule has 0 saturated carbocycles. The lowest BCUT2D eigenvalue weighted by molar-refractivity contribution is -0.137. The summed E-state index contributed by atoms with van der Waals surface area (Å²) in [5.41, 5.74) is 1.58. The lowest BCUT2D eigenvalue weighted by atomic mass is 10.0. The molecule has 0 radical (unpaired) electrons. The van der Waals surface area contributed by atoms with E-state index in [1.54, 1.807) is 56.3 Å². The Bertz CT molecular complexity index is 1810. The predicted molar refractivity (Wildman–Crippen MR) is 202 cm³/mol. The highest BCUT2D eigenvalue weighted by Gasteiger charge is 2.32. The number of aliphatic hydroxyl groups is 1. The topological polar surface area (TPSA) is 185 Å². The van der Waals surface area contributed by atoms with Crippen LogP contribution in [0, 0.1) is 5.92 Å². The number of hydrogen-bond acceptors (Lipinski definition) is 9. The molecule has 54 heavy (non-hydrogen) atoms. The van der Waals surface area contributed by atoms with E-state index in [9.17, 15) is 29.1 Å². The Morgan fingerprint density at radius 1 is 0.852 bits per heavy atom. The number of fused-ring (bicyclic) bond motifs is 3. The van der Waals surface area contributed by atoms with E-state index < -0.39 is 54.3 Å². The maximum Gasteiger partial charge on any atom is 0.251 e. The van der Waals surface area contributed by atoms with Gasteiger partial charge in [-0.05, 0) is 67.7 Å². The largest absolute Gasteiger partial charge is 0.496 e. The van der Waals surface area contributed by atoms with Crippen LogP contribution in [0.1, 0.15) is 55.1 Å². The first-order valence-electron chi connectivity index (χ1n) is 17.8. The van der Waals surface area contributed by atoms with Crippen LogP contribution in [-0.4, -0.2) is 91.6 Å². The minimum atomic E-state index is -1.43. The molecule has 0 fully saturated rings. The Hall–Kier alpha value is -5.89. The second kappa shape index (κ2) is 19.8. The highest BCUT2D eigenvalue weighted by molar-refractivity contribution is 5.96. The van der Waals surface area contributed by atoms with E-state index in [4.69, 9.17) is 14.2 Å². The molecule has 3 aromatic rings. The van der Waals surface area contributed by atoms with Crippen LogP contribution in [-0.2, 0) is 25.7 Å². The van der Waals surface area contributed by atoms with Crippen molar-refractivity contribution in [3.05, 3.63) is 89.5 Å². The molecule has 0 spiro atoms. The quantitative estimate of drug-likeness (QED) is 0.237. The van der Waals surface area contributed by atoms with Crippen molar-refractivity contribution in [1.29, 1.82) is 0 Å². The molecule has 0 saturated heterocycles. The summed E-state index contributed by atoms with van der Waals surface area (Å²) >= 11 is 0. The first kappa shape index (κ1) is 40.9. The van der Waals surface area contributed by atoms with Crippen LogP contribution in [0.5, 0.6) is 23.0 Å². The Morgan fingerprint density at radius 3 is 2.28 bits per heavy atom. The average molecular weight is 744 g/mol. The molecular weight excluding hydrogens is 694 g/mol. The molecule has 3 aromatic carbocycles. The SMILES string of the molecule is COc1ccc2cc1Oc1cccc(OC)c1CNC(=O)[C@@H](C(C)C)NC(=O)[C@H]([C@@H](C)O)NC(=O)CN(C(=O)C=Cc1ccccc1)CCCCNC2=O. The van der Waals surface area contributed by atoms with Crippen molar-refractivity contribution in [2.75, 3.05) is 33.9 Å². The molecule has 288 valence electrons. The van der Waals surface area contributed by atoms with Gasteiger partial charge in [0.15, 0.2) is 11.5 Å². The van der Waals surface area contributed by atoms with Crippen molar-refractivity contribution in [2.45, 2.75) is 58.3 Å². The summed E-state index contributed by atoms with van der Waals surface area (Å²) in [6, 6.07) is 16.6. The second-order valence-corrected chi connectivity index (χ2v) is 13.1. The molecule has 2 bridgehead atoms. The summed E-state index contributed by atoms with van der Waals surface area (Å²) in [6.07, 6.45) is 2.56. The Morgan fingerprint density at radius 2 is 1.59 bits per heavy atom. The van der Waals surface area contributed by atoms with Gasteiger partial charge in [-0.1, -0.05) is 50.2 Å². The zero-order valence-corrected chi connectivity index (χ0v) is 31.2. The highest BCUT2D eigenvalue weighted by Crippen LogP contribution is 2.37. The van der Waals surface area contributed by atoms with Gasteiger partial charge in [-0.25, -0.2) is 0 Å². The predicted octanol–water partition coefficient (Wildman–Crippen LogP) is 3.18. The van der Waals surface area contributed by atoms with Gasteiger partial charge in [0.05, 0.1) is 39.0 Å². The summed E-state index contributed by atoms with van der Waals surface area (Å²) in [6.45, 7) is 4.78. The number of methoxy groups -OCH3 is 2. The molecule has 14 heteroatoms. The molecule has 0 aliphatic carbocycles. The number of nitrogens with zero attached hydrogens (tertiary/aromatic N) is 1. The lowest BCUT2D eigenvalue weighted by Gasteiger charge is -2.28. The third kappa shape index (κ3) is 11.3. The Kier molecular flexibility index (Phi) is 15.0. The fourth-order valence-corrected chi connectivity index (χ4v) is 5.72. The molecule has 1 aliphatic heterocycles. The van der Waals surface area contributed by atoms with Crippen molar-refractivity contribution < 1.29 is 43.3 Å². The van der Waals surface area contributed by atoms with Crippen LogP contribution in [0.25, 0.3) is 6.08 Å². The third-order valence-electron chi connectivity index (χ3n) is 8.73. The molecule has 5 N–H and O–H groups in total. The Balaban J connectivity index is 1.66. The number of aliphatic hydroxyl groups excluding tert-OH is 1. The van der Waals surface area contributed by atoms with Gasteiger partial charge in [-0.15, -0.1) is 0 Å². The van der Waals surface area contributed by atoms with Crippen LogP contribution in [0.4, 0.5) is 0 Å². The zero-order chi connectivity index (χ0) is 39.2. The van der Waals surface area contributed by atoms with Crippen molar-refractivity contribution in [3.63, 3.8) is 0 Å². The number of amides is 5. The van der Waals surface area contributed by atoms with Crippen molar-refractivity contribution in [2.24, 2.45) is 5.92 Å². The monoisotopic (exact) mass is 743 g/mol. The average Bonchev–Trinajstić information content (AvgIpc) is 3.16. The number of rotatable bonds is 6. The number of hydrogen-bond donors (Lipinski definition) is 5. The molecule has 14 nitrogen and oxygen atoms in total. The summed E-state index contributed by atoms with van der Waals surface area (Å²) in [5.74, 6) is -1.87. The molecule has 3 atom stereocenters. The van der Waals surface area contributed by atoms with Gasteiger partial charge in [0.2, 0.25) is 23.6 Å².